The van der Waals surface area contributed by atoms with Crippen LogP contribution in [0, 0.1) is 0 Å². The number of hydrogen-bond donors (Lipinski definition) is 2. The van der Waals surface area contributed by atoms with Crippen LogP contribution in [0.2, 0.25) is 0 Å². The van der Waals surface area contributed by atoms with E-state index in [1.165, 1.54) is 13.5 Å². The molecule has 166 valence electrons. The van der Waals surface area contributed by atoms with Gasteiger partial charge in [-0.3, -0.25) is 9.59 Å². The molecule has 31 heavy (non-hydrogen) atoms. The number of amides is 2. The first-order chi connectivity index (χ1) is 15.1. The zero-order valence-electron chi connectivity index (χ0n) is 18.2. The Morgan fingerprint density at radius 3 is 2.42 bits per heavy atom. The van der Waals surface area contributed by atoms with Crippen molar-refractivity contribution in [1.82, 2.24) is 10.2 Å². The Kier molecular flexibility index (Phi) is 7.89. The third-order valence-corrected chi connectivity index (χ3v) is 5.75. The molecule has 1 aliphatic rings. The number of benzene rings is 2. The zero-order chi connectivity index (χ0) is 22.2. The number of nitrogens with one attached hydrogen (secondary N) is 1. The minimum atomic E-state index is -0.233. The van der Waals surface area contributed by atoms with E-state index in [1.807, 2.05) is 18.2 Å². The van der Waals surface area contributed by atoms with Gasteiger partial charge in [-0.2, -0.15) is 0 Å². The summed E-state index contributed by atoms with van der Waals surface area (Å²) in [4.78, 5) is 27.4. The van der Waals surface area contributed by atoms with Crippen molar-refractivity contribution in [3.63, 3.8) is 0 Å². The predicted molar refractivity (Wildman–Crippen MR) is 119 cm³/mol. The average molecular weight is 426 g/mol. The lowest BCUT2D eigenvalue weighted by Crippen LogP contribution is -2.44. The van der Waals surface area contributed by atoms with Gasteiger partial charge in [0.2, 0.25) is 0 Å². The number of hydrogen-bond acceptors (Lipinski definition) is 5. The molecule has 7 heteroatoms. The second kappa shape index (κ2) is 10.8. The smallest absolute Gasteiger partial charge is 0.255 e. The summed E-state index contributed by atoms with van der Waals surface area (Å²) < 4.78 is 10.5. The van der Waals surface area contributed by atoms with Crippen molar-refractivity contribution in [1.29, 1.82) is 0 Å². The molecule has 1 saturated carbocycles. The van der Waals surface area contributed by atoms with E-state index < -0.39 is 0 Å². The molecule has 2 amide bonds. The average Bonchev–Trinajstić information content (AvgIpc) is 2.83. The van der Waals surface area contributed by atoms with Crippen molar-refractivity contribution in [2.24, 2.45) is 5.73 Å². The van der Waals surface area contributed by atoms with E-state index >= 15 is 0 Å². The molecule has 3 rings (SSSR count). The molecule has 7 nitrogen and oxygen atoms in total. The monoisotopic (exact) mass is 425 g/mol. The fraction of sp³-hybridized carbons (Fsp3) is 0.417. The van der Waals surface area contributed by atoms with Crippen LogP contribution in [0.3, 0.4) is 0 Å². The van der Waals surface area contributed by atoms with Crippen LogP contribution in [-0.4, -0.2) is 43.6 Å². The molecule has 2 aromatic carbocycles. The Hall–Kier alpha value is -3.06. The van der Waals surface area contributed by atoms with Crippen molar-refractivity contribution < 1.29 is 19.1 Å². The summed E-state index contributed by atoms with van der Waals surface area (Å²) in [5.74, 6) is 0.769. The van der Waals surface area contributed by atoms with Crippen molar-refractivity contribution in [3.05, 3.63) is 59.2 Å². The molecule has 0 saturated heterocycles. The molecule has 0 bridgehead atoms. The van der Waals surface area contributed by atoms with Crippen LogP contribution in [0.4, 0.5) is 0 Å². The van der Waals surface area contributed by atoms with Gasteiger partial charge in [-0.1, -0.05) is 31.4 Å². The van der Waals surface area contributed by atoms with Crippen LogP contribution in [0.15, 0.2) is 42.5 Å². The first-order valence-electron chi connectivity index (χ1n) is 10.7. The Labute approximate surface area is 183 Å². The molecular weight excluding hydrogens is 394 g/mol. The van der Waals surface area contributed by atoms with Gasteiger partial charge in [-0.15, -0.1) is 0 Å². The first-order valence-corrected chi connectivity index (χ1v) is 10.7. The van der Waals surface area contributed by atoms with E-state index in [2.05, 4.69) is 5.32 Å². The molecule has 1 fully saturated rings. The van der Waals surface area contributed by atoms with Crippen LogP contribution in [0.5, 0.6) is 11.5 Å². The molecule has 0 unspecified atom stereocenters. The standard InChI is InChI=1S/C24H31N3O4/c1-30-21-12-11-18(14-22(21)31-2)23(28)26-15-17-7-6-8-19(13-17)24(29)27(16-25)20-9-4-3-5-10-20/h6-8,11-14,20H,3-5,9-10,15-16,25H2,1-2H3,(H,26,28). The van der Waals surface area contributed by atoms with E-state index in [0.717, 1.165) is 31.2 Å². The molecule has 0 aromatic heterocycles. The van der Waals surface area contributed by atoms with Gasteiger partial charge in [-0.25, -0.2) is 0 Å². The minimum absolute atomic E-state index is 0.0533. The number of nitrogens with two attached hydrogens (primary N) is 1. The van der Waals surface area contributed by atoms with Gasteiger partial charge in [0.25, 0.3) is 11.8 Å². The molecular formula is C24H31N3O4. The summed E-state index contributed by atoms with van der Waals surface area (Å²) in [6.07, 6.45) is 5.50. The third kappa shape index (κ3) is 5.55. The SMILES string of the molecule is COc1ccc(C(=O)NCc2cccc(C(=O)N(CN)C3CCCCC3)c2)cc1OC. The van der Waals surface area contributed by atoms with E-state index in [9.17, 15) is 9.59 Å². The molecule has 1 aliphatic carbocycles. The minimum Gasteiger partial charge on any atom is -0.493 e. The molecule has 0 aliphatic heterocycles. The number of carbonyl (C=O) groups is 2. The Morgan fingerprint density at radius 1 is 1.00 bits per heavy atom. The maximum absolute atomic E-state index is 13.1. The van der Waals surface area contributed by atoms with Gasteiger partial charge in [0.1, 0.15) is 0 Å². The number of carbonyl (C=O) groups excluding carboxylic acids is 2. The molecule has 0 spiro atoms. The fourth-order valence-electron chi connectivity index (χ4n) is 4.03. The summed E-state index contributed by atoms with van der Waals surface area (Å²) in [5.41, 5.74) is 7.82. The van der Waals surface area contributed by atoms with Gasteiger partial charge >= 0.3 is 0 Å². The normalized spacial score (nSPS) is 14.0. The van der Waals surface area contributed by atoms with Crippen molar-refractivity contribution >= 4 is 11.8 Å². The molecule has 0 heterocycles. The lowest BCUT2D eigenvalue weighted by molar-refractivity contribution is 0.0640. The quantitative estimate of drug-likeness (QED) is 0.633. The fourth-order valence-corrected chi connectivity index (χ4v) is 4.03. The third-order valence-electron chi connectivity index (χ3n) is 5.75. The Balaban J connectivity index is 1.66. The van der Waals surface area contributed by atoms with E-state index in [0.29, 0.717) is 29.2 Å². The number of rotatable bonds is 8. The van der Waals surface area contributed by atoms with Gasteiger partial charge in [0, 0.05) is 23.7 Å². The maximum Gasteiger partial charge on any atom is 0.255 e. The van der Waals surface area contributed by atoms with Gasteiger partial charge in [0.15, 0.2) is 11.5 Å². The van der Waals surface area contributed by atoms with Crippen molar-refractivity contribution in [2.45, 2.75) is 44.7 Å². The van der Waals surface area contributed by atoms with Gasteiger partial charge in [-0.05, 0) is 48.7 Å². The highest BCUT2D eigenvalue weighted by Gasteiger charge is 2.25. The van der Waals surface area contributed by atoms with Gasteiger partial charge in [0.05, 0.1) is 20.9 Å². The summed E-state index contributed by atoms with van der Waals surface area (Å²) in [6, 6.07) is 12.6. The van der Waals surface area contributed by atoms with Gasteiger partial charge < -0.3 is 25.4 Å². The zero-order valence-corrected chi connectivity index (χ0v) is 18.2. The largest absolute Gasteiger partial charge is 0.493 e. The van der Waals surface area contributed by atoms with Crippen LogP contribution in [-0.2, 0) is 6.54 Å². The van der Waals surface area contributed by atoms with Crippen LogP contribution >= 0.6 is 0 Å². The summed E-state index contributed by atoms with van der Waals surface area (Å²) in [7, 11) is 3.08. The summed E-state index contributed by atoms with van der Waals surface area (Å²) in [5, 5.41) is 2.89. The van der Waals surface area contributed by atoms with Crippen molar-refractivity contribution in [3.8, 4) is 11.5 Å². The maximum atomic E-state index is 13.1. The van der Waals surface area contributed by atoms with Crippen LogP contribution < -0.4 is 20.5 Å². The van der Waals surface area contributed by atoms with Crippen LogP contribution in [0.25, 0.3) is 0 Å². The predicted octanol–water partition coefficient (Wildman–Crippen LogP) is 3.32. The number of ether oxygens (including phenoxy) is 2. The summed E-state index contributed by atoms with van der Waals surface area (Å²) >= 11 is 0. The Bertz CT molecular complexity index is 909. The molecule has 2 aromatic rings. The van der Waals surface area contributed by atoms with Crippen molar-refractivity contribution in [2.75, 3.05) is 20.9 Å². The van der Waals surface area contributed by atoms with E-state index in [4.69, 9.17) is 15.2 Å². The highest BCUT2D eigenvalue weighted by Crippen LogP contribution is 2.27. The Morgan fingerprint density at radius 2 is 1.74 bits per heavy atom. The van der Waals surface area contributed by atoms with Crippen LogP contribution in [0.1, 0.15) is 58.4 Å². The van der Waals surface area contributed by atoms with E-state index in [1.54, 1.807) is 36.3 Å². The molecule has 0 radical (unpaired) electrons. The van der Waals surface area contributed by atoms with E-state index in [-0.39, 0.29) is 24.5 Å². The lowest BCUT2D eigenvalue weighted by Gasteiger charge is -2.33. The number of nitrogens with zero attached hydrogens (tertiary/aromatic N) is 1. The molecule has 0 atom stereocenters. The highest BCUT2D eigenvalue weighted by molar-refractivity contribution is 5.95. The lowest BCUT2D eigenvalue weighted by atomic mass is 9.94. The highest BCUT2D eigenvalue weighted by atomic mass is 16.5. The molecule has 3 N–H and O–H groups in total. The number of methoxy groups -OCH3 is 2. The second-order valence-electron chi connectivity index (χ2n) is 7.70. The topological polar surface area (TPSA) is 93.9 Å². The second-order valence-corrected chi connectivity index (χ2v) is 7.70. The summed E-state index contributed by atoms with van der Waals surface area (Å²) in [6.45, 7) is 0.518. The first kappa shape index (κ1) is 22.6.